The molecule has 1 aliphatic heterocycles. The third kappa shape index (κ3) is 3.06. The predicted octanol–water partition coefficient (Wildman–Crippen LogP) is 2.12. The third-order valence-electron chi connectivity index (χ3n) is 4.99. The van der Waals surface area contributed by atoms with Gasteiger partial charge in [0.2, 0.25) is 0 Å². The van der Waals surface area contributed by atoms with Crippen molar-refractivity contribution in [2.24, 2.45) is 11.3 Å². The van der Waals surface area contributed by atoms with Crippen LogP contribution in [0.15, 0.2) is 0 Å². The molecular weight excluding hydrogens is 224 g/mol. The molecule has 1 N–H and O–H groups in total. The molecule has 0 radical (unpaired) electrons. The van der Waals surface area contributed by atoms with E-state index in [9.17, 15) is 0 Å². The van der Waals surface area contributed by atoms with Crippen LogP contribution in [0.25, 0.3) is 0 Å². The molecule has 0 amide bonds. The van der Waals surface area contributed by atoms with Gasteiger partial charge in [0.05, 0.1) is 13.2 Å². The van der Waals surface area contributed by atoms with Crippen LogP contribution in [0.2, 0.25) is 0 Å². The molecular formula is C15H30N2O. The van der Waals surface area contributed by atoms with E-state index in [1.54, 1.807) is 0 Å². The van der Waals surface area contributed by atoms with Gasteiger partial charge >= 0.3 is 0 Å². The Labute approximate surface area is 112 Å². The van der Waals surface area contributed by atoms with Crippen molar-refractivity contribution in [3.63, 3.8) is 0 Å². The predicted molar refractivity (Wildman–Crippen MR) is 75.8 cm³/mol. The topological polar surface area (TPSA) is 24.5 Å². The first kappa shape index (κ1) is 14.3. The Morgan fingerprint density at radius 1 is 1.39 bits per heavy atom. The second-order valence-corrected chi connectivity index (χ2v) is 6.83. The third-order valence-corrected chi connectivity index (χ3v) is 4.99. The smallest absolute Gasteiger partial charge is 0.0619 e. The van der Waals surface area contributed by atoms with Gasteiger partial charge in [-0.05, 0) is 38.1 Å². The Hall–Kier alpha value is -0.120. The lowest BCUT2D eigenvalue weighted by Gasteiger charge is -2.47. The van der Waals surface area contributed by atoms with Crippen molar-refractivity contribution in [3.05, 3.63) is 0 Å². The fourth-order valence-corrected chi connectivity index (χ4v) is 3.94. The van der Waals surface area contributed by atoms with Crippen LogP contribution in [-0.4, -0.2) is 50.3 Å². The summed E-state index contributed by atoms with van der Waals surface area (Å²) in [6.07, 6.45) is 4.11. The van der Waals surface area contributed by atoms with Gasteiger partial charge in [-0.1, -0.05) is 20.3 Å². The molecule has 1 heterocycles. The van der Waals surface area contributed by atoms with Crippen molar-refractivity contribution in [2.45, 2.75) is 52.1 Å². The first-order valence-corrected chi connectivity index (χ1v) is 7.53. The average molecular weight is 254 g/mol. The minimum absolute atomic E-state index is 0.438. The largest absolute Gasteiger partial charge is 0.379 e. The molecule has 3 heteroatoms. The number of nitrogens with zero attached hydrogens (tertiary/aromatic N) is 1. The number of nitrogens with one attached hydrogen (secondary N) is 1. The molecule has 1 saturated heterocycles. The Balaban J connectivity index is 1.98. The highest BCUT2D eigenvalue weighted by Crippen LogP contribution is 2.39. The summed E-state index contributed by atoms with van der Waals surface area (Å²) < 4.78 is 5.54. The summed E-state index contributed by atoms with van der Waals surface area (Å²) >= 11 is 0. The van der Waals surface area contributed by atoms with Crippen molar-refractivity contribution in [2.75, 3.05) is 33.4 Å². The van der Waals surface area contributed by atoms with Crippen LogP contribution in [0, 0.1) is 11.3 Å². The Kier molecular flexibility index (Phi) is 4.68. The number of hydrogen-bond donors (Lipinski definition) is 1. The Bertz CT molecular complexity index is 267. The number of rotatable bonds is 3. The first-order valence-electron chi connectivity index (χ1n) is 7.53. The fraction of sp³-hybridized carbons (Fsp3) is 1.00. The lowest BCUT2D eigenvalue weighted by molar-refractivity contribution is -0.0199. The minimum atomic E-state index is 0.438. The number of ether oxygens (including phenoxy) is 1. The van der Waals surface area contributed by atoms with E-state index in [1.165, 1.54) is 25.8 Å². The maximum atomic E-state index is 5.54. The van der Waals surface area contributed by atoms with E-state index in [0.29, 0.717) is 17.5 Å². The Morgan fingerprint density at radius 3 is 2.83 bits per heavy atom. The molecule has 2 fully saturated rings. The van der Waals surface area contributed by atoms with Gasteiger partial charge in [0.1, 0.15) is 0 Å². The average Bonchev–Trinajstić information content (AvgIpc) is 2.31. The second-order valence-electron chi connectivity index (χ2n) is 6.83. The van der Waals surface area contributed by atoms with E-state index >= 15 is 0 Å². The molecule has 1 aliphatic carbocycles. The van der Waals surface area contributed by atoms with Crippen molar-refractivity contribution in [1.29, 1.82) is 0 Å². The van der Waals surface area contributed by atoms with Crippen molar-refractivity contribution in [3.8, 4) is 0 Å². The zero-order chi connectivity index (χ0) is 13.2. The lowest BCUT2D eigenvalue weighted by atomic mass is 9.67. The maximum absolute atomic E-state index is 5.54. The van der Waals surface area contributed by atoms with Crippen molar-refractivity contribution < 1.29 is 4.74 Å². The molecule has 0 aromatic heterocycles. The number of hydrogen-bond acceptors (Lipinski definition) is 3. The molecule has 0 bridgehead atoms. The van der Waals surface area contributed by atoms with Gasteiger partial charge in [-0.15, -0.1) is 0 Å². The summed E-state index contributed by atoms with van der Waals surface area (Å²) in [4.78, 5) is 2.62. The van der Waals surface area contributed by atoms with Gasteiger partial charge in [-0.3, -0.25) is 4.90 Å². The highest BCUT2D eigenvalue weighted by atomic mass is 16.5. The molecule has 106 valence electrons. The number of morpholine rings is 1. The van der Waals surface area contributed by atoms with Gasteiger partial charge in [0, 0.05) is 25.2 Å². The van der Waals surface area contributed by atoms with E-state index < -0.39 is 0 Å². The molecule has 3 unspecified atom stereocenters. The standard InChI is InChI=1S/C15H30N2O/c1-12-11-18-9-8-17(12)10-13-6-5-7-15(2,3)14(13)16-4/h12-14,16H,5-11H2,1-4H3. The molecule has 0 aromatic rings. The highest BCUT2D eigenvalue weighted by Gasteiger charge is 2.39. The molecule has 0 aromatic carbocycles. The summed E-state index contributed by atoms with van der Waals surface area (Å²) in [5.41, 5.74) is 0.438. The second kappa shape index (κ2) is 5.89. The molecule has 2 aliphatic rings. The van der Waals surface area contributed by atoms with Gasteiger partial charge < -0.3 is 10.1 Å². The van der Waals surface area contributed by atoms with Crippen LogP contribution in [0.1, 0.15) is 40.0 Å². The van der Waals surface area contributed by atoms with E-state index in [2.05, 4.69) is 38.0 Å². The lowest BCUT2D eigenvalue weighted by Crippen LogP contribution is -2.54. The van der Waals surface area contributed by atoms with E-state index in [4.69, 9.17) is 4.74 Å². The van der Waals surface area contributed by atoms with Gasteiger partial charge in [-0.25, -0.2) is 0 Å². The maximum Gasteiger partial charge on any atom is 0.0619 e. The van der Waals surface area contributed by atoms with Crippen LogP contribution in [0.5, 0.6) is 0 Å². The summed E-state index contributed by atoms with van der Waals surface area (Å²) in [6.45, 7) is 11.3. The van der Waals surface area contributed by atoms with Gasteiger partial charge in [0.25, 0.3) is 0 Å². The quantitative estimate of drug-likeness (QED) is 0.835. The fourth-order valence-electron chi connectivity index (χ4n) is 3.94. The van der Waals surface area contributed by atoms with Crippen LogP contribution in [0.3, 0.4) is 0 Å². The van der Waals surface area contributed by atoms with Crippen LogP contribution in [-0.2, 0) is 4.74 Å². The summed E-state index contributed by atoms with van der Waals surface area (Å²) in [7, 11) is 2.13. The van der Waals surface area contributed by atoms with Crippen molar-refractivity contribution in [1.82, 2.24) is 10.2 Å². The van der Waals surface area contributed by atoms with Crippen LogP contribution < -0.4 is 5.32 Å². The van der Waals surface area contributed by atoms with Crippen molar-refractivity contribution >= 4 is 0 Å². The highest BCUT2D eigenvalue weighted by molar-refractivity contribution is 4.94. The minimum Gasteiger partial charge on any atom is -0.379 e. The molecule has 3 atom stereocenters. The summed E-state index contributed by atoms with van der Waals surface area (Å²) in [6, 6.07) is 1.24. The van der Waals surface area contributed by atoms with E-state index in [-0.39, 0.29) is 0 Å². The van der Waals surface area contributed by atoms with E-state index in [1.807, 2.05) is 0 Å². The van der Waals surface area contributed by atoms with Crippen LogP contribution in [0.4, 0.5) is 0 Å². The molecule has 0 spiro atoms. The molecule has 1 saturated carbocycles. The molecule has 3 nitrogen and oxygen atoms in total. The molecule has 2 rings (SSSR count). The molecule has 18 heavy (non-hydrogen) atoms. The van der Waals surface area contributed by atoms with Crippen LogP contribution >= 0.6 is 0 Å². The zero-order valence-electron chi connectivity index (χ0n) is 12.5. The first-order chi connectivity index (χ1) is 8.54. The summed E-state index contributed by atoms with van der Waals surface area (Å²) in [5, 5.41) is 3.59. The van der Waals surface area contributed by atoms with E-state index in [0.717, 1.165) is 25.7 Å². The van der Waals surface area contributed by atoms with Gasteiger partial charge in [0.15, 0.2) is 0 Å². The monoisotopic (exact) mass is 254 g/mol. The SMILES string of the molecule is CNC1C(CN2CCOCC2C)CCCC1(C)C. The summed E-state index contributed by atoms with van der Waals surface area (Å²) in [5.74, 6) is 0.791. The normalized spacial score (nSPS) is 37.7. The zero-order valence-corrected chi connectivity index (χ0v) is 12.5. The van der Waals surface area contributed by atoms with Gasteiger partial charge in [-0.2, -0.15) is 0 Å². The Morgan fingerprint density at radius 2 is 2.17 bits per heavy atom.